The molecule has 1 aromatic carbocycles. The summed E-state index contributed by atoms with van der Waals surface area (Å²) in [5, 5.41) is 0. The second-order valence-electron chi connectivity index (χ2n) is 9.05. The standard InChI is InChI=1S/C27H29N5O/c1-33-26-19-21(10-11-28-26)25-9-4-22(27-29-12-13-32(25)27)18-20-2-5-23(6-3-20)30-14-16-31(17-15-30)24-7-8-24/h2-6,9-13,19,24H,7-8,14-18H2,1H3. The molecular formula is C27H29N5O. The Labute approximate surface area is 194 Å². The van der Waals surface area contributed by atoms with Gasteiger partial charge in [0.05, 0.1) is 12.8 Å². The van der Waals surface area contributed by atoms with Crippen LogP contribution >= 0.6 is 0 Å². The third-order valence-electron chi connectivity index (χ3n) is 6.94. The lowest BCUT2D eigenvalue weighted by Gasteiger charge is -2.36. The van der Waals surface area contributed by atoms with Gasteiger partial charge in [0.2, 0.25) is 5.88 Å². The van der Waals surface area contributed by atoms with Crippen LogP contribution in [0.3, 0.4) is 0 Å². The number of piperazine rings is 1. The summed E-state index contributed by atoms with van der Waals surface area (Å²) in [4.78, 5) is 14.1. The first-order valence-electron chi connectivity index (χ1n) is 11.8. The molecule has 0 atom stereocenters. The lowest BCUT2D eigenvalue weighted by molar-refractivity contribution is 0.248. The Balaban J connectivity index is 1.20. The first-order chi connectivity index (χ1) is 16.3. The summed E-state index contributed by atoms with van der Waals surface area (Å²) >= 11 is 0. The largest absolute Gasteiger partial charge is 0.481 e. The highest BCUT2D eigenvalue weighted by molar-refractivity contribution is 5.66. The summed E-state index contributed by atoms with van der Waals surface area (Å²) in [6, 6.07) is 18.3. The van der Waals surface area contributed by atoms with Gasteiger partial charge in [0.1, 0.15) is 5.65 Å². The van der Waals surface area contributed by atoms with Gasteiger partial charge in [-0.2, -0.15) is 0 Å². The number of hydrogen-bond donors (Lipinski definition) is 0. The molecule has 1 aliphatic carbocycles. The van der Waals surface area contributed by atoms with Crippen LogP contribution in [0, 0.1) is 0 Å². The molecule has 0 bridgehead atoms. The van der Waals surface area contributed by atoms with E-state index < -0.39 is 0 Å². The number of hydrogen-bond acceptors (Lipinski definition) is 5. The Morgan fingerprint density at radius 2 is 1.73 bits per heavy atom. The SMILES string of the molecule is COc1cc(-c2ccc(Cc3ccc(N4CCN(C5CC5)CC4)cc3)c3nccn23)ccn1. The molecule has 2 aliphatic rings. The monoisotopic (exact) mass is 439 g/mol. The molecule has 6 nitrogen and oxygen atoms in total. The lowest BCUT2D eigenvalue weighted by atomic mass is 10.0. The molecule has 0 unspecified atom stereocenters. The second kappa shape index (κ2) is 8.52. The fraction of sp³-hybridized carbons (Fsp3) is 0.333. The molecule has 33 heavy (non-hydrogen) atoms. The molecule has 1 aliphatic heterocycles. The van der Waals surface area contributed by atoms with Crippen LogP contribution in [-0.4, -0.2) is 58.6 Å². The van der Waals surface area contributed by atoms with Gasteiger partial charge in [-0.25, -0.2) is 9.97 Å². The average molecular weight is 440 g/mol. The summed E-state index contributed by atoms with van der Waals surface area (Å²) in [6.07, 6.45) is 9.32. The predicted octanol–water partition coefficient (Wildman–Crippen LogP) is 4.28. The van der Waals surface area contributed by atoms with Gasteiger partial charge in [-0.15, -0.1) is 0 Å². The molecule has 1 saturated carbocycles. The zero-order valence-electron chi connectivity index (χ0n) is 19.0. The van der Waals surface area contributed by atoms with Crippen molar-refractivity contribution in [2.45, 2.75) is 25.3 Å². The van der Waals surface area contributed by atoms with Crippen LogP contribution in [0.4, 0.5) is 5.69 Å². The lowest BCUT2D eigenvalue weighted by Crippen LogP contribution is -2.47. The first-order valence-corrected chi connectivity index (χ1v) is 11.8. The summed E-state index contributed by atoms with van der Waals surface area (Å²) in [5.74, 6) is 0.610. The van der Waals surface area contributed by atoms with Crippen molar-refractivity contribution in [3.05, 3.63) is 78.2 Å². The number of imidazole rings is 1. The number of ether oxygens (including phenoxy) is 1. The summed E-state index contributed by atoms with van der Waals surface area (Å²) in [7, 11) is 1.64. The Morgan fingerprint density at radius 1 is 0.909 bits per heavy atom. The van der Waals surface area contributed by atoms with E-state index in [1.54, 1.807) is 13.3 Å². The highest BCUT2D eigenvalue weighted by Crippen LogP contribution is 2.29. The van der Waals surface area contributed by atoms with Crippen molar-refractivity contribution in [1.29, 1.82) is 0 Å². The fourth-order valence-electron chi connectivity index (χ4n) is 4.95. The zero-order chi connectivity index (χ0) is 22.2. The van der Waals surface area contributed by atoms with E-state index in [1.807, 2.05) is 24.5 Å². The molecule has 6 heteroatoms. The van der Waals surface area contributed by atoms with Crippen LogP contribution in [0.25, 0.3) is 16.9 Å². The van der Waals surface area contributed by atoms with Gasteiger partial charge in [-0.1, -0.05) is 18.2 Å². The minimum atomic E-state index is 0.610. The Kier molecular flexibility index (Phi) is 5.23. The number of pyridine rings is 2. The molecule has 2 fully saturated rings. The maximum absolute atomic E-state index is 5.30. The molecule has 0 radical (unpaired) electrons. The van der Waals surface area contributed by atoms with E-state index in [2.05, 4.69) is 60.6 Å². The van der Waals surface area contributed by atoms with Crippen molar-refractivity contribution in [2.75, 3.05) is 38.2 Å². The van der Waals surface area contributed by atoms with Gasteiger partial charge in [0.15, 0.2) is 0 Å². The summed E-state index contributed by atoms with van der Waals surface area (Å²) < 4.78 is 7.45. The molecule has 6 rings (SSSR count). The number of nitrogens with zero attached hydrogens (tertiary/aromatic N) is 5. The van der Waals surface area contributed by atoms with Crippen LogP contribution < -0.4 is 9.64 Å². The molecule has 0 amide bonds. The third kappa shape index (κ3) is 4.07. The van der Waals surface area contributed by atoms with Crippen molar-refractivity contribution in [3.8, 4) is 17.1 Å². The highest BCUT2D eigenvalue weighted by atomic mass is 16.5. The smallest absolute Gasteiger partial charge is 0.213 e. The molecular weight excluding hydrogens is 410 g/mol. The van der Waals surface area contributed by atoms with E-state index in [0.717, 1.165) is 42.5 Å². The quantitative estimate of drug-likeness (QED) is 0.449. The number of anilines is 1. The fourth-order valence-corrected chi connectivity index (χ4v) is 4.95. The van der Waals surface area contributed by atoms with Crippen LogP contribution in [0.5, 0.6) is 5.88 Å². The van der Waals surface area contributed by atoms with Crippen molar-refractivity contribution < 1.29 is 4.74 Å². The number of rotatable bonds is 6. The average Bonchev–Trinajstić information content (AvgIpc) is 3.61. The summed E-state index contributed by atoms with van der Waals surface area (Å²) in [6.45, 7) is 4.65. The second-order valence-corrected chi connectivity index (χ2v) is 9.05. The van der Waals surface area contributed by atoms with Gasteiger partial charge >= 0.3 is 0 Å². The molecule has 0 spiro atoms. The van der Waals surface area contributed by atoms with Crippen molar-refractivity contribution >= 4 is 11.3 Å². The molecule has 0 N–H and O–H groups in total. The number of fused-ring (bicyclic) bond motifs is 1. The van der Waals surface area contributed by atoms with Gasteiger partial charge < -0.3 is 9.64 Å². The van der Waals surface area contributed by atoms with E-state index in [4.69, 9.17) is 4.74 Å². The van der Waals surface area contributed by atoms with E-state index in [9.17, 15) is 0 Å². The number of methoxy groups -OCH3 is 1. The zero-order valence-corrected chi connectivity index (χ0v) is 19.0. The van der Waals surface area contributed by atoms with Gasteiger partial charge in [0.25, 0.3) is 0 Å². The first kappa shape index (κ1) is 20.2. The van der Waals surface area contributed by atoms with Crippen LogP contribution in [0.2, 0.25) is 0 Å². The molecule has 4 heterocycles. The van der Waals surface area contributed by atoms with E-state index >= 15 is 0 Å². The summed E-state index contributed by atoms with van der Waals surface area (Å²) in [5.41, 5.74) is 6.98. The van der Waals surface area contributed by atoms with Crippen LogP contribution in [0.1, 0.15) is 24.0 Å². The van der Waals surface area contributed by atoms with Gasteiger partial charge in [0, 0.05) is 74.5 Å². The Hall–Kier alpha value is -3.38. The molecule has 4 aromatic rings. The topological polar surface area (TPSA) is 45.9 Å². The van der Waals surface area contributed by atoms with Gasteiger partial charge in [-0.3, -0.25) is 9.30 Å². The Morgan fingerprint density at radius 3 is 2.48 bits per heavy atom. The molecule has 168 valence electrons. The van der Waals surface area contributed by atoms with Crippen molar-refractivity contribution in [3.63, 3.8) is 0 Å². The highest BCUT2D eigenvalue weighted by Gasteiger charge is 2.31. The molecule has 1 saturated heterocycles. The molecule has 3 aromatic heterocycles. The maximum Gasteiger partial charge on any atom is 0.213 e. The van der Waals surface area contributed by atoms with E-state index in [1.165, 1.54) is 42.7 Å². The minimum absolute atomic E-state index is 0.610. The Bertz CT molecular complexity index is 1250. The maximum atomic E-state index is 5.30. The van der Waals surface area contributed by atoms with Crippen molar-refractivity contribution in [2.24, 2.45) is 0 Å². The normalized spacial score (nSPS) is 16.9. The number of aromatic nitrogens is 3. The van der Waals surface area contributed by atoms with Crippen molar-refractivity contribution in [1.82, 2.24) is 19.3 Å². The minimum Gasteiger partial charge on any atom is -0.481 e. The number of benzene rings is 1. The third-order valence-corrected chi connectivity index (χ3v) is 6.94. The van der Waals surface area contributed by atoms with E-state index in [0.29, 0.717) is 5.88 Å². The van der Waals surface area contributed by atoms with E-state index in [-0.39, 0.29) is 0 Å². The van der Waals surface area contributed by atoms with Crippen LogP contribution in [-0.2, 0) is 6.42 Å². The predicted molar refractivity (Wildman–Crippen MR) is 131 cm³/mol. The van der Waals surface area contributed by atoms with Gasteiger partial charge in [-0.05, 0) is 48.2 Å². The van der Waals surface area contributed by atoms with Crippen LogP contribution in [0.15, 0.2) is 67.1 Å².